The monoisotopic (exact) mass is 330 g/mol. The van der Waals surface area contributed by atoms with Gasteiger partial charge in [-0.25, -0.2) is 0 Å². The van der Waals surface area contributed by atoms with Crippen LogP contribution in [0.4, 0.5) is 5.69 Å². The number of hydrogen-bond donors (Lipinski definition) is 1. The Morgan fingerprint density at radius 2 is 1.88 bits per heavy atom. The van der Waals surface area contributed by atoms with Gasteiger partial charge in [0.05, 0.1) is 17.1 Å². The van der Waals surface area contributed by atoms with E-state index in [4.69, 9.17) is 0 Å². The lowest BCUT2D eigenvalue weighted by Crippen LogP contribution is -2.24. The Morgan fingerprint density at radius 1 is 1.21 bits per heavy atom. The largest absolute Gasteiger partial charge is 0.343 e. The summed E-state index contributed by atoms with van der Waals surface area (Å²) in [6.45, 7) is 1.81. The first-order valence-electron chi connectivity index (χ1n) is 7.90. The first-order valence-corrected chi connectivity index (χ1v) is 7.90. The number of hydrogen-bond acceptors (Lipinski definition) is 4. The third-order valence-corrected chi connectivity index (χ3v) is 4.31. The summed E-state index contributed by atoms with van der Waals surface area (Å²) in [7, 11) is 6.80. The Labute approximate surface area is 140 Å². The zero-order valence-corrected chi connectivity index (χ0v) is 14.6. The average molecular weight is 330 g/mol. The van der Waals surface area contributed by atoms with Gasteiger partial charge in [0, 0.05) is 34.1 Å². The van der Waals surface area contributed by atoms with Crippen LogP contribution in [0.25, 0.3) is 0 Å². The molecule has 0 spiro atoms. The van der Waals surface area contributed by atoms with E-state index in [-0.39, 0.29) is 17.5 Å². The molecule has 2 aromatic rings. The van der Waals surface area contributed by atoms with Crippen molar-refractivity contribution in [1.82, 2.24) is 24.5 Å². The number of amides is 2. The minimum absolute atomic E-state index is 0.234. The molecule has 8 nitrogen and oxygen atoms in total. The van der Waals surface area contributed by atoms with Crippen molar-refractivity contribution in [3.63, 3.8) is 0 Å². The molecular formula is C16H22N6O2. The Bertz CT molecular complexity index is 813. The highest BCUT2D eigenvalue weighted by atomic mass is 16.2. The quantitative estimate of drug-likeness (QED) is 0.915. The molecule has 8 heteroatoms. The van der Waals surface area contributed by atoms with Crippen LogP contribution in [-0.2, 0) is 14.1 Å². The van der Waals surface area contributed by atoms with Crippen LogP contribution in [0.1, 0.15) is 51.1 Å². The number of carbonyl (C=O) groups is 2. The molecule has 2 heterocycles. The highest BCUT2D eigenvalue weighted by Gasteiger charge is 2.29. The van der Waals surface area contributed by atoms with Crippen molar-refractivity contribution in [2.45, 2.75) is 25.7 Å². The van der Waals surface area contributed by atoms with Crippen molar-refractivity contribution in [3.05, 3.63) is 28.8 Å². The molecule has 0 aromatic carbocycles. The van der Waals surface area contributed by atoms with Gasteiger partial charge in [0.1, 0.15) is 5.69 Å². The standard InChI is InChI=1S/C16H22N6O2/c1-9-13(14(19-21(9)4)16(24)20(2)3)17-15(23)12-8-11(10-6-7-10)18-22(12)5/h8,10H,6-7H2,1-5H3,(H,17,23). The van der Waals surface area contributed by atoms with Gasteiger partial charge in [-0.3, -0.25) is 19.0 Å². The van der Waals surface area contributed by atoms with Crippen LogP contribution in [-0.4, -0.2) is 50.4 Å². The van der Waals surface area contributed by atoms with Gasteiger partial charge in [0.2, 0.25) is 0 Å². The second-order valence-electron chi connectivity index (χ2n) is 6.44. The number of rotatable bonds is 4. The minimum Gasteiger partial charge on any atom is -0.343 e. The van der Waals surface area contributed by atoms with Gasteiger partial charge in [0.25, 0.3) is 11.8 Å². The Kier molecular flexibility index (Phi) is 3.90. The lowest BCUT2D eigenvalue weighted by Gasteiger charge is -2.10. The first kappa shape index (κ1) is 16.2. The van der Waals surface area contributed by atoms with Gasteiger partial charge < -0.3 is 10.2 Å². The molecule has 0 unspecified atom stereocenters. The van der Waals surface area contributed by atoms with E-state index in [0.29, 0.717) is 17.3 Å². The smallest absolute Gasteiger partial charge is 0.276 e. The van der Waals surface area contributed by atoms with Crippen LogP contribution in [0.5, 0.6) is 0 Å². The maximum atomic E-state index is 12.7. The van der Waals surface area contributed by atoms with Crippen molar-refractivity contribution < 1.29 is 9.59 Å². The van der Waals surface area contributed by atoms with E-state index in [9.17, 15) is 9.59 Å². The number of nitrogens with zero attached hydrogens (tertiary/aromatic N) is 5. The SMILES string of the molecule is Cc1c(NC(=O)c2cc(C3CC3)nn2C)c(C(=O)N(C)C)nn1C. The highest BCUT2D eigenvalue weighted by molar-refractivity contribution is 6.08. The van der Waals surface area contributed by atoms with Gasteiger partial charge in [-0.2, -0.15) is 10.2 Å². The fourth-order valence-corrected chi connectivity index (χ4v) is 2.58. The molecule has 128 valence electrons. The summed E-state index contributed by atoms with van der Waals surface area (Å²) in [4.78, 5) is 26.4. The van der Waals surface area contributed by atoms with Crippen LogP contribution in [0.2, 0.25) is 0 Å². The molecule has 1 saturated carbocycles. The van der Waals surface area contributed by atoms with Gasteiger partial charge in [-0.1, -0.05) is 0 Å². The lowest BCUT2D eigenvalue weighted by molar-refractivity contribution is 0.0822. The third kappa shape index (κ3) is 2.79. The molecule has 1 aliphatic carbocycles. The number of aryl methyl sites for hydroxylation is 2. The summed E-state index contributed by atoms with van der Waals surface area (Å²) in [5.74, 6) is -0.0674. The van der Waals surface area contributed by atoms with Crippen molar-refractivity contribution in [2.75, 3.05) is 19.4 Å². The zero-order chi connectivity index (χ0) is 17.6. The second kappa shape index (κ2) is 5.77. The van der Waals surface area contributed by atoms with E-state index in [1.165, 1.54) is 4.90 Å². The molecule has 24 heavy (non-hydrogen) atoms. The second-order valence-corrected chi connectivity index (χ2v) is 6.44. The summed E-state index contributed by atoms with van der Waals surface area (Å²) < 4.78 is 3.17. The van der Waals surface area contributed by atoms with Crippen LogP contribution in [0.15, 0.2) is 6.07 Å². The molecule has 1 fully saturated rings. The molecule has 0 atom stereocenters. The van der Waals surface area contributed by atoms with E-state index in [1.54, 1.807) is 37.6 Å². The van der Waals surface area contributed by atoms with Crippen molar-refractivity contribution >= 4 is 17.5 Å². The summed E-state index contributed by atoms with van der Waals surface area (Å²) in [5.41, 5.74) is 2.82. The predicted octanol–water partition coefficient (Wildman–Crippen LogP) is 1.29. The Balaban J connectivity index is 1.90. The van der Waals surface area contributed by atoms with E-state index in [0.717, 1.165) is 24.2 Å². The van der Waals surface area contributed by atoms with E-state index in [2.05, 4.69) is 15.5 Å². The van der Waals surface area contributed by atoms with Crippen LogP contribution >= 0.6 is 0 Å². The maximum absolute atomic E-state index is 12.7. The fraction of sp³-hybridized carbons (Fsp3) is 0.500. The molecular weight excluding hydrogens is 308 g/mol. The summed E-state index contributed by atoms with van der Waals surface area (Å²) in [6, 6.07) is 1.83. The summed E-state index contributed by atoms with van der Waals surface area (Å²) in [5, 5.41) is 11.5. The normalized spacial score (nSPS) is 13.9. The number of anilines is 1. The molecule has 1 aliphatic rings. The molecule has 0 bridgehead atoms. The first-order chi connectivity index (χ1) is 11.3. The summed E-state index contributed by atoms with van der Waals surface area (Å²) in [6.07, 6.45) is 2.25. The van der Waals surface area contributed by atoms with Crippen molar-refractivity contribution in [3.8, 4) is 0 Å². The van der Waals surface area contributed by atoms with E-state index < -0.39 is 0 Å². The zero-order valence-electron chi connectivity index (χ0n) is 14.6. The number of carbonyl (C=O) groups excluding carboxylic acids is 2. The van der Waals surface area contributed by atoms with Gasteiger partial charge in [-0.05, 0) is 25.8 Å². The number of aromatic nitrogens is 4. The molecule has 0 saturated heterocycles. The molecule has 2 aromatic heterocycles. The van der Waals surface area contributed by atoms with Crippen LogP contribution < -0.4 is 5.32 Å². The van der Waals surface area contributed by atoms with Gasteiger partial charge >= 0.3 is 0 Å². The molecule has 0 aliphatic heterocycles. The van der Waals surface area contributed by atoms with Crippen molar-refractivity contribution in [2.24, 2.45) is 14.1 Å². The third-order valence-electron chi connectivity index (χ3n) is 4.31. The Hall–Kier alpha value is -2.64. The van der Waals surface area contributed by atoms with Crippen molar-refractivity contribution in [1.29, 1.82) is 0 Å². The summed E-state index contributed by atoms with van der Waals surface area (Å²) >= 11 is 0. The fourth-order valence-electron chi connectivity index (χ4n) is 2.58. The predicted molar refractivity (Wildman–Crippen MR) is 89.1 cm³/mol. The van der Waals surface area contributed by atoms with E-state index >= 15 is 0 Å². The van der Waals surface area contributed by atoms with Gasteiger partial charge in [0.15, 0.2) is 5.69 Å². The minimum atomic E-state index is -0.291. The van der Waals surface area contributed by atoms with E-state index in [1.807, 2.05) is 13.0 Å². The molecule has 1 N–H and O–H groups in total. The van der Waals surface area contributed by atoms with Crippen LogP contribution in [0.3, 0.4) is 0 Å². The average Bonchev–Trinajstić information content (AvgIpc) is 3.25. The maximum Gasteiger partial charge on any atom is 0.276 e. The molecule has 2 amide bonds. The molecule has 3 rings (SSSR count). The molecule has 0 radical (unpaired) electrons. The van der Waals surface area contributed by atoms with Gasteiger partial charge in [-0.15, -0.1) is 0 Å². The van der Waals surface area contributed by atoms with Crippen LogP contribution in [0, 0.1) is 6.92 Å². The lowest BCUT2D eigenvalue weighted by atomic mass is 10.2. The topological polar surface area (TPSA) is 85.1 Å². The number of nitrogens with one attached hydrogen (secondary N) is 1. The highest BCUT2D eigenvalue weighted by Crippen LogP contribution is 2.39. The Morgan fingerprint density at radius 3 is 2.46 bits per heavy atom.